The van der Waals surface area contributed by atoms with E-state index < -0.39 is 5.54 Å². The van der Waals surface area contributed by atoms with Gasteiger partial charge in [-0.15, -0.1) is 0 Å². The number of hydrogen-bond donors (Lipinski definition) is 1. The first-order valence-electron chi connectivity index (χ1n) is 6.94. The highest BCUT2D eigenvalue weighted by Crippen LogP contribution is 2.34. The van der Waals surface area contributed by atoms with Gasteiger partial charge in [0, 0.05) is 6.07 Å². The van der Waals surface area contributed by atoms with Gasteiger partial charge in [-0.1, -0.05) is 25.4 Å². The van der Waals surface area contributed by atoms with Gasteiger partial charge >= 0.3 is 0 Å². The average Bonchev–Trinajstić information content (AvgIpc) is 2.50. The van der Waals surface area contributed by atoms with Crippen molar-refractivity contribution in [2.75, 3.05) is 18.6 Å². The Bertz CT molecular complexity index is 570. The van der Waals surface area contributed by atoms with Crippen molar-refractivity contribution in [3.05, 3.63) is 23.2 Å². The maximum absolute atomic E-state index is 12.8. The van der Waals surface area contributed by atoms with E-state index in [1.165, 1.54) is 4.90 Å². The Hall–Kier alpha value is -1.75. The summed E-state index contributed by atoms with van der Waals surface area (Å²) in [5, 5.41) is 3.24. The van der Waals surface area contributed by atoms with Gasteiger partial charge in [-0.2, -0.15) is 0 Å². The van der Waals surface area contributed by atoms with Crippen LogP contribution in [0.25, 0.3) is 0 Å². The molecule has 0 atom stereocenters. The van der Waals surface area contributed by atoms with E-state index >= 15 is 0 Å². The van der Waals surface area contributed by atoms with Crippen molar-refractivity contribution in [1.82, 2.24) is 5.32 Å². The molecule has 1 aliphatic heterocycles. The summed E-state index contributed by atoms with van der Waals surface area (Å²) in [6.07, 6.45) is 1.07. The van der Waals surface area contributed by atoms with Gasteiger partial charge in [0.05, 0.1) is 17.8 Å². The normalized spacial score (nSPS) is 17.6. The minimum Gasteiger partial charge on any atom is -0.497 e. The Balaban J connectivity index is 2.47. The van der Waals surface area contributed by atoms with E-state index in [0.29, 0.717) is 29.3 Å². The molecule has 6 heteroatoms. The first-order chi connectivity index (χ1) is 9.97. The summed E-state index contributed by atoms with van der Waals surface area (Å²) in [5.74, 6) is 0.270. The van der Waals surface area contributed by atoms with Gasteiger partial charge in [0.1, 0.15) is 17.8 Å². The Kier molecular flexibility index (Phi) is 4.42. The van der Waals surface area contributed by atoms with Crippen LogP contribution in [0.4, 0.5) is 5.69 Å². The summed E-state index contributed by atoms with van der Waals surface area (Å²) in [7, 11) is 1.54. The van der Waals surface area contributed by atoms with Crippen LogP contribution >= 0.6 is 11.6 Å². The first-order valence-corrected chi connectivity index (χ1v) is 7.31. The molecule has 1 N–H and O–H groups in total. The van der Waals surface area contributed by atoms with Crippen LogP contribution in [0.5, 0.6) is 5.75 Å². The highest BCUT2D eigenvalue weighted by atomic mass is 35.5. The van der Waals surface area contributed by atoms with Crippen LogP contribution in [0.2, 0.25) is 5.02 Å². The second-order valence-electron chi connectivity index (χ2n) is 5.05. The van der Waals surface area contributed by atoms with Crippen LogP contribution in [0, 0.1) is 0 Å². The lowest BCUT2D eigenvalue weighted by Gasteiger charge is -2.41. The molecule has 0 aliphatic carbocycles. The predicted molar refractivity (Wildman–Crippen MR) is 81.8 cm³/mol. The SMILES string of the molecule is CCC1(CC)NC(=O)CN(c2cc(OC)ccc2Cl)C1=O. The molecule has 1 aromatic rings. The predicted octanol–water partition coefficient (Wildman–Crippen LogP) is 2.37. The smallest absolute Gasteiger partial charge is 0.253 e. The monoisotopic (exact) mass is 310 g/mol. The maximum Gasteiger partial charge on any atom is 0.253 e. The number of carbonyl (C=O) groups is 2. The zero-order valence-electron chi connectivity index (χ0n) is 12.4. The number of anilines is 1. The summed E-state index contributed by atoms with van der Waals surface area (Å²) in [4.78, 5) is 26.3. The maximum atomic E-state index is 12.8. The fourth-order valence-electron chi connectivity index (χ4n) is 2.58. The van der Waals surface area contributed by atoms with Gasteiger partial charge < -0.3 is 10.1 Å². The van der Waals surface area contributed by atoms with Crippen LogP contribution < -0.4 is 15.0 Å². The molecule has 1 heterocycles. The summed E-state index contributed by atoms with van der Waals surface area (Å²) in [5.41, 5.74) is -0.357. The number of nitrogens with one attached hydrogen (secondary N) is 1. The van der Waals surface area contributed by atoms with Crippen LogP contribution in [0.3, 0.4) is 0 Å². The Labute approximate surface area is 129 Å². The summed E-state index contributed by atoms with van der Waals surface area (Å²) in [6.45, 7) is 3.74. The lowest BCUT2D eigenvalue weighted by molar-refractivity contribution is -0.136. The van der Waals surface area contributed by atoms with Gasteiger partial charge in [0.15, 0.2) is 0 Å². The lowest BCUT2D eigenvalue weighted by Crippen LogP contribution is -2.66. The molecule has 2 rings (SSSR count). The fourth-order valence-corrected chi connectivity index (χ4v) is 2.80. The molecule has 0 aromatic heterocycles. The largest absolute Gasteiger partial charge is 0.497 e. The number of amides is 2. The second-order valence-corrected chi connectivity index (χ2v) is 5.45. The third-order valence-corrected chi connectivity index (χ3v) is 4.31. The Morgan fingerprint density at radius 2 is 2.00 bits per heavy atom. The third kappa shape index (κ3) is 2.70. The van der Waals surface area contributed by atoms with Gasteiger partial charge in [-0.25, -0.2) is 0 Å². The number of nitrogens with zero attached hydrogens (tertiary/aromatic N) is 1. The molecule has 1 aromatic carbocycles. The van der Waals surface area contributed by atoms with E-state index in [2.05, 4.69) is 5.32 Å². The zero-order chi connectivity index (χ0) is 15.6. The topological polar surface area (TPSA) is 58.6 Å². The third-order valence-electron chi connectivity index (χ3n) is 3.99. The summed E-state index contributed by atoms with van der Waals surface area (Å²) >= 11 is 6.20. The van der Waals surface area contributed by atoms with E-state index in [9.17, 15) is 9.59 Å². The number of carbonyl (C=O) groups excluding carboxylic acids is 2. The molecule has 114 valence electrons. The number of benzene rings is 1. The average molecular weight is 311 g/mol. The molecule has 1 fully saturated rings. The van der Waals surface area contributed by atoms with Crippen LogP contribution in [0.15, 0.2) is 18.2 Å². The molecule has 1 aliphatic rings. The van der Waals surface area contributed by atoms with Gasteiger partial charge in [0.2, 0.25) is 5.91 Å². The molecule has 0 bridgehead atoms. The number of halogens is 1. The van der Waals surface area contributed by atoms with Crippen molar-refractivity contribution >= 4 is 29.1 Å². The summed E-state index contributed by atoms with van der Waals surface area (Å²) in [6, 6.07) is 5.05. The van der Waals surface area contributed by atoms with Gasteiger partial charge in [-0.05, 0) is 25.0 Å². The first kappa shape index (κ1) is 15.6. The number of methoxy groups -OCH3 is 1. The van der Waals surface area contributed by atoms with E-state index in [1.807, 2.05) is 13.8 Å². The number of hydrogen-bond acceptors (Lipinski definition) is 3. The molecule has 2 amide bonds. The van der Waals surface area contributed by atoms with Gasteiger partial charge in [0.25, 0.3) is 5.91 Å². The van der Waals surface area contributed by atoms with E-state index in [0.717, 1.165) is 0 Å². The zero-order valence-corrected chi connectivity index (χ0v) is 13.2. The Morgan fingerprint density at radius 3 is 2.57 bits per heavy atom. The minimum atomic E-state index is -0.859. The number of ether oxygens (including phenoxy) is 1. The van der Waals surface area contributed by atoms with Crippen molar-refractivity contribution in [2.45, 2.75) is 32.2 Å². The molecule has 0 radical (unpaired) electrons. The molecule has 5 nitrogen and oxygen atoms in total. The van der Waals surface area contributed by atoms with Crippen molar-refractivity contribution in [3.63, 3.8) is 0 Å². The van der Waals surface area contributed by atoms with E-state index in [4.69, 9.17) is 16.3 Å². The van der Waals surface area contributed by atoms with Crippen molar-refractivity contribution in [2.24, 2.45) is 0 Å². The second kappa shape index (κ2) is 5.93. The standard InChI is InChI=1S/C15H19ClN2O3/c1-4-15(5-2)14(20)18(9-13(19)17-15)12-8-10(21-3)6-7-11(12)16/h6-8H,4-5,9H2,1-3H3,(H,17,19). The van der Waals surface area contributed by atoms with Crippen LogP contribution in [0.1, 0.15) is 26.7 Å². The van der Waals surface area contributed by atoms with Crippen molar-refractivity contribution in [1.29, 1.82) is 0 Å². The quantitative estimate of drug-likeness (QED) is 0.929. The van der Waals surface area contributed by atoms with Crippen molar-refractivity contribution in [3.8, 4) is 5.75 Å². The van der Waals surface area contributed by atoms with Crippen LogP contribution in [-0.2, 0) is 9.59 Å². The van der Waals surface area contributed by atoms with Crippen LogP contribution in [-0.4, -0.2) is 31.0 Å². The Morgan fingerprint density at radius 1 is 1.33 bits per heavy atom. The molecule has 0 saturated carbocycles. The molecule has 0 spiro atoms. The number of piperazine rings is 1. The molecular formula is C15H19ClN2O3. The highest BCUT2D eigenvalue weighted by Gasteiger charge is 2.44. The number of rotatable bonds is 4. The molecule has 0 unspecified atom stereocenters. The summed E-state index contributed by atoms with van der Waals surface area (Å²) < 4.78 is 5.17. The molecule has 21 heavy (non-hydrogen) atoms. The van der Waals surface area contributed by atoms with E-state index in [1.54, 1.807) is 25.3 Å². The fraction of sp³-hybridized carbons (Fsp3) is 0.467. The van der Waals surface area contributed by atoms with Crippen molar-refractivity contribution < 1.29 is 14.3 Å². The van der Waals surface area contributed by atoms with Gasteiger partial charge in [-0.3, -0.25) is 14.5 Å². The lowest BCUT2D eigenvalue weighted by atomic mass is 9.88. The molecular weight excluding hydrogens is 292 g/mol. The molecule has 1 saturated heterocycles. The minimum absolute atomic E-state index is 0.0343. The van der Waals surface area contributed by atoms with E-state index in [-0.39, 0.29) is 18.4 Å². The highest BCUT2D eigenvalue weighted by molar-refractivity contribution is 6.34.